The molecule has 0 unspecified atom stereocenters. The van der Waals surface area contributed by atoms with Crippen molar-refractivity contribution in [1.82, 2.24) is 15.1 Å². The summed E-state index contributed by atoms with van der Waals surface area (Å²) in [7, 11) is 1.36. The average molecular weight is 295 g/mol. The van der Waals surface area contributed by atoms with E-state index in [0.29, 0.717) is 29.7 Å². The van der Waals surface area contributed by atoms with Gasteiger partial charge >= 0.3 is 5.97 Å². The zero-order valence-corrected chi connectivity index (χ0v) is 12.8. The maximum atomic E-state index is 11.9. The minimum absolute atomic E-state index is 0.347. The monoisotopic (exact) mass is 295 g/mol. The third-order valence-corrected chi connectivity index (χ3v) is 3.83. The van der Waals surface area contributed by atoms with Crippen LogP contribution in [0, 0.1) is 5.92 Å². The quantitative estimate of drug-likeness (QED) is 0.680. The van der Waals surface area contributed by atoms with Gasteiger partial charge < -0.3 is 21.1 Å². The Morgan fingerprint density at radius 3 is 2.86 bits per heavy atom. The van der Waals surface area contributed by atoms with E-state index in [1.165, 1.54) is 7.11 Å². The summed E-state index contributed by atoms with van der Waals surface area (Å²) in [5, 5.41) is 11.0. The first-order chi connectivity index (χ1) is 10.2. The molecule has 7 heteroatoms. The second kappa shape index (κ2) is 7.31. The number of piperidine rings is 1. The second-order valence-corrected chi connectivity index (χ2v) is 5.40. The number of ether oxygens (including phenoxy) is 1. The number of nitrogens with two attached hydrogens (primary N) is 1. The third-order valence-electron chi connectivity index (χ3n) is 3.83. The summed E-state index contributed by atoms with van der Waals surface area (Å²) in [5.41, 5.74) is 6.37. The van der Waals surface area contributed by atoms with Gasteiger partial charge in [0, 0.05) is 13.1 Å². The maximum absolute atomic E-state index is 11.9. The molecule has 1 aliphatic rings. The van der Waals surface area contributed by atoms with Gasteiger partial charge in [-0.25, -0.2) is 9.48 Å². The smallest absolute Gasteiger partial charge is 0.345 e. The molecule has 0 spiro atoms. The number of methoxy groups -OCH3 is 1. The van der Waals surface area contributed by atoms with Gasteiger partial charge in [0.15, 0.2) is 5.82 Å². The van der Waals surface area contributed by atoms with Crippen LogP contribution in [0.1, 0.15) is 36.5 Å². The highest BCUT2D eigenvalue weighted by molar-refractivity contribution is 5.99. The highest BCUT2D eigenvalue weighted by atomic mass is 16.5. The van der Waals surface area contributed by atoms with Crippen molar-refractivity contribution >= 4 is 17.6 Å². The normalized spacial score (nSPS) is 15.9. The number of rotatable bonds is 6. The predicted octanol–water partition coefficient (Wildman–Crippen LogP) is 1.07. The molecule has 0 radical (unpaired) electrons. The van der Waals surface area contributed by atoms with Crippen molar-refractivity contribution in [3.05, 3.63) is 5.56 Å². The van der Waals surface area contributed by atoms with Crippen molar-refractivity contribution in [3.63, 3.8) is 0 Å². The van der Waals surface area contributed by atoms with Gasteiger partial charge in [0.05, 0.1) is 7.11 Å². The van der Waals surface area contributed by atoms with E-state index in [1.54, 1.807) is 4.68 Å². The molecule has 1 aromatic rings. The number of anilines is 2. The van der Waals surface area contributed by atoms with Crippen LogP contribution in [0.5, 0.6) is 0 Å². The fourth-order valence-corrected chi connectivity index (χ4v) is 2.61. The van der Waals surface area contributed by atoms with Crippen LogP contribution < -0.4 is 16.4 Å². The van der Waals surface area contributed by atoms with Gasteiger partial charge in [0.2, 0.25) is 0 Å². The highest BCUT2D eigenvalue weighted by Gasteiger charge is 2.23. The highest BCUT2D eigenvalue weighted by Crippen LogP contribution is 2.24. The van der Waals surface area contributed by atoms with Gasteiger partial charge in [-0.3, -0.25) is 0 Å². The first-order valence-electron chi connectivity index (χ1n) is 7.56. The number of aromatic nitrogens is 2. The molecule has 7 nitrogen and oxygen atoms in total. The van der Waals surface area contributed by atoms with E-state index < -0.39 is 5.97 Å². The number of nitrogen functional groups attached to an aromatic ring is 1. The van der Waals surface area contributed by atoms with Crippen molar-refractivity contribution in [3.8, 4) is 0 Å². The molecule has 2 heterocycles. The Morgan fingerprint density at radius 1 is 1.52 bits per heavy atom. The van der Waals surface area contributed by atoms with Crippen LogP contribution in [0.15, 0.2) is 0 Å². The molecule has 0 aromatic carbocycles. The average Bonchev–Trinajstić information content (AvgIpc) is 2.82. The van der Waals surface area contributed by atoms with E-state index in [0.717, 1.165) is 38.9 Å². The Morgan fingerprint density at radius 2 is 2.24 bits per heavy atom. The molecule has 1 saturated heterocycles. The lowest BCUT2D eigenvalue weighted by Gasteiger charge is -2.22. The fourth-order valence-electron chi connectivity index (χ4n) is 2.61. The second-order valence-electron chi connectivity index (χ2n) is 5.40. The third kappa shape index (κ3) is 3.66. The Labute approximate surface area is 125 Å². The molecule has 118 valence electrons. The standard InChI is InChI=1S/C14H25N5O2/c1-3-8-19-12(15)11(14(20)21-2)13(18-19)17-9-10-4-6-16-7-5-10/h10,16H,3-9,15H2,1-2H3,(H,17,18). The fraction of sp³-hybridized carbons (Fsp3) is 0.714. The van der Waals surface area contributed by atoms with E-state index in [9.17, 15) is 4.79 Å². The molecular formula is C14H25N5O2. The summed E-state index contributed by atoms with van der Waals surface area (Å²) in [6.45, 7) is 5.62. The summed E-state index contributed by atoms with van der Waals surface area (Å²) in [4.78, 5) is 11.9. The molecule has 0 atom stereocenters. The molecule has 1 aliphatic heterocycles. The van der Waals surface area contributed by atoms with Crippen LogP contribution >= 0.6 is 0 Å². The zero-order valence-electron chi connectivity index (χ0n) is 12.8. The van der Waals surface area contributed by atoms with Gasteiger partial charge in [0.25, 0.3) is 0 Å². The number of carbonyl (C=O) groups is 1. The molecule has 0 bridgehead atoms. The van der Waals surface area contributed by atoms with Gasteiger partial charge in [-0.2, -0.15) is 5.10 Å². The van der Waals surface area contributed by atoms with Gasteiger partial charge in [-0.05, 0) is 38.3 Å². The number of hydrogen-bond acceptors (Lipinski definition) is 6. The lowest BCUT2D eigenvalue weighted by Crippen LogP contribution is -2.31. The topological polar surface area (TPSA) is 94.2 Å². The lowest BCUT2D eigenvalue weighted by atomic mass is 9.98. The first kappa shape index (κ1) is 15.6. The molecule has 1 aromatic heterocycles. The van der Waals surface area contributed by atoms with Crippen LogP contribution in [-0.4, -0.2) is 42.5 Å². The summed E-state index contributed by atoms with van der Waals surface area (Å²) in [6, 6.07) is 0. The van der Waals surface area contributed by atoms with E-state index >= 15 is 0 Å². The molecule has 0 amide bonds. The molecule has 0 saturated carbocycles. The number of esters is 1. The summed E-state index contributed by atoms with van der Waals surface area (Å²) in [6.07, 6.45) is 3.16. The minimum atomic E-state index is -0.442. The Bertz CT molecular complexity index is 480. The van der Waals surface area contributed by atoms with Crippen LogP contribution in [0.4, 0.5) is 11.6 Å². The largest absolute Gasteiger partial charge is 0.465 e. The van der Waals surface area contributed by atoms with Crippen molar-refractivity contribution < 1.29 is 9.53 Å². The maximum Gasteiger partial charge on any atom is 0.345 e. The lowest BCUT2D eigenvalue weighted by molar-refractivity contribution is 0.0603. The van der Waals surface area contributed by atoms with Crippen LogP contribution in [-0.2, 0) is 11.3 Å². The van der Waals surface area contributed by atoms with E-state index in [2.05, 4.69) is 15.7 Å². The molecule has 4 N–H and O–H groups in total. The Hall–Kier alpha value is -1.76. The number of hydrogen-bond donors (Lipinski definition) is 3. The van der Waals surface area contributed by atoms with Crippen LogP contribution in [0.2, 0.25) is 0 Å². The summed E-state index contributed by atoms with van der Waals surface area (Å²) < 4.78 is 6.48. The molecule has 0 aliphatic carbocycles. The van der Waals surface area contributed by atoms with Crippen molar-refractivity contribution in [1.29, 1.82) is 0 Å². The van der Waals surface area contributed by atoms with Gasteiger partial charge in [-0.1, -0.05) is 6.92 Å². The molecule has 21 heavy (non-hydrogen) atoms. The molecule has 1 fully saturated rings. The van der Waals surface area contributed by atoms with E-state index in [-0.39, 0.29) is 0 Å². The molecular weight excluding hydrogens is 270 g/mol. The number of carbonyl (C=O) groups excluding carboxylic acids is 1. The van der Waals surface area contributed by atoms with Crippen molar-refractivity contribution in [2.45, 2.75) is 32.7 Å². The number of nitrogens with zero attached hydrogens (tertiary/aromatic N) is 2. The number of aryl methyl sites for hydroxylation is 1. The Balaban J connectivity index is 2.12. The van der Waals surface area contributed by atoms with Gasteiger partial charge in [-0.15, -0.1) is 0 Å². The predicted molar refractivity (Wildman–Crippen MR) is 82.4 cm³/mol. The van der Waals surface area contributed by atoms with Crippen LogP contribution in [0.3, 0.4) is 0 Å². The minimum Gasteiger partial charge on any atom is -0.465 e. The summed E-state index contributed by atoms with van der Waals surface area (Å²) >= 11 is 0. The van der Waals surface area contributed by atoms with Crippen molar-refractivity contribution in [2.75, 3.05) is 37.8 Å². The first-order valence-corrected chi connectivity index (χ1v) is 7.56. The van der Waals surface area contributed by atoms with Crippen molar-refractivity contribution in [2.24, 2.45) is 5.92 Å². The molecule has 2 rings (SSSR count). The van der Waals surface area contributed by atoms with Gasteiger partial charge in [0.1, 0.15) is 11.4 Å². The number of nitrogens with one attached hydrogen (secondary N) is 2. The SMILES string of the molecule is CCCn1nc(NCC2CCNCC2)c(C(=O)OC)c1N. The summed E-state index contributed by atoms with van der Waals surface area (Å²) in [5.74, 6) is 1.06. The van der Waals surface area contributed by atoms with E-state index in [1.807, 2.05) is 6.92 Å². The van der Waals surface area contributed by atoms with Crippen LogP contribution in [0.25, 0.3) is 0 Å². The van der Waals surface area contributed by atoms with E-state index in [4.69, 9.17) is 10.5 Å². The zero-order chi connectivity index (χ0) is 15.2. The Kier molecular flexibility index (Phi) is 5.44.